The van der Waals surface area contributed by atoms with Gasteiger partial charge in [0.2, 0.25) is 9.84 Å². The lowest BCUT2D eigenvalue weighted by molar-refractivity contribution is 0.102. The van der Waals surface area contributed by atoms with E-state index in [-0.39, 0.29) is 5.56 Å². The van der Waals surface area contributed by atoms with Crippen LogP contribution in [-0.2, 0) is 9.84 Å². The zero-order valence-electron chi connectivity index (χ0n) is 11.9. The summed E-state index contributed by atoms with van der Waals surface area (Å²) >= 11 is 0. The molecule has 1 aromatic carbocycles. The first-order valence-corrected chi connectivity index (χ1v) is 8.16. The van der Waals surface area contributed by atoms with E-state index in [1.54, 1.807) is 12.1 Å². The molecule has 3 aromatic rings. The number of rotatable bonds is 4. The summed E-state index contributed by atoms with van der Waals surface area (Å²) in [6.07, 6.45) is 2.93. The fraction of sp³-hybridized carbons (Fsp3) is 0.0714. The first-order valence-electron chi connectivity index (χ1n) is 6.62. The van der Waals surface area contributed by atoms with Gasteiger partial charge in [0.05, 0.1) is 11.1 Å². The number of hydrogen-bond acceptors (Lipinski definition) is 5. The van der Waals surface area contributed by atoms with Crippen molar-refractivity contribution in [3.63, 3.8) is 0 Å². The maximum Gasteiger partial charge on any atom is 0.341 e. The monoisotopic (exact) mass is 352 g/mol. The Balaban J connectivity index is 1.83. The van der Waals surface area contributed by atoms with E-state index in [0.29, 0.717) is 11.5 Å². The minimum absolute atomic E-state index is 0.106. The van der Waals surface area contributed by atoms with Gasteiger partial charge < -0.3 is 5.32 Å². The van der Waals surface area contributed by atoms with Crippen LogP contribution in [0.4, 0.5) is 14.6 Å². The van der Waals surface area contributed by atoms with Crippen LogP contribution in [0.15, 0.2) is 53.7 Å². The van der Waals surface area contributed by atoms with Gasteiger partial charge in [-0.3, -0.25) is 4.79 Å². The van der Waals surface area contributed by atoms with Crippen molar-refractivity contribution in [2.24, 2.45) is 0 Å². The zero-order chi connectivity index (χ0) is 17.3. The molecule has 1 amide bonds. The van der Waals surface area contributed by atoms with E-state index < -0.39 is 26.4 Å². The number of carbonyl (C=O) groups is 1. The Kier molecular flexibility index (Phi) is 3.97. The Morgan fingerprint density at radius 1 is 1.17 bits per heavy atom. The Morgan fingerprint density at radius 3 is 2.54 bits per heavy atom. The number of halogens is 2. The van der Waals surface area contributed by atoms with Crippen molar-refractivity contribution in [2.45, 2.75) is 10.7 Å². The zero-order valence-corrected chi connectivity index (χ0v) is 12.7. The SMILES string of the molecule is O=C(Nc1cnc2cccnn12)c1ccc(S(=O)(=O)C(F)F)cc1. The number of aromatic nitrogens is 3. The van der Waals surface area contributed by atoms with E-state index in [9.17, 15) is 22.0 Å². The molecule has 0 aliphatic rings. The molecule has 2 heterocycles. The first kappa shape index (κ1) is 16.0. The molecule has 1 N–H and O–H groups in total. The molecule has 0 aliphatic heterocycles. The third-order valence-corrected chi connectivity index (χ3v) is 4.60. The van der Waals surface area contributed by atoms with Crippen LogP contribution in [0, 0.1) is 0 Å². The second-order valence-corrected chi connectivity index (χ2v) is 6.64. The summed E-state index contributed by atoms with van der Waals surface area (Å²) < 4.78 is 49.0. The number of benzene rings is 1. The number of anilines is 1. The topological polar surface area (TPSA) is 93.4 Å². The van der Waals surface area contributed by atoms with Crippen molar-refractivity contribution in [3.8, 4) is 0 Å². The van der Waals surface area contributed by atoms with Crippen LogP contribution in [0.5, 0.6) is 0 Å². The molecule has 0 aliphatic carbocycles. The summed E-state index contributed by atoms with van der Waals surface area (Å²) in [4.78, 5) is 15.7. The molecule has 10 heteroatoms. The van der Waals surface area contributed by atoms with Crippen molar-refractivity contribution in [2.75, 3.05) is 5.32 Å². The van der Waals surface area contributed by atoms with E-state index in [0.717, 1.165) is 24.3 Å². The highest BCUT2D eigenvalue weighted by Gasteiger charge is 2.26. The Bertz CT molecular complexity index is 1000. The molecule has 24 heavy (non-hydrogen) atoms. The van der Waals surface area contributed by atoms with Gasteiger partial charge in [-0.25, -0.2) is 13.4 Å². The molecule has 0 radical (unpaired) electrons. The van der Waals surface area contributed by atoms with Gasteiger partial charge in [-0.05, 0) is 36.4 Å². The molecule has 7 nitrogen and oxygen atoms in total. The van der Waals surface area contributed by atoms with Crippen molar-refractivity contribution in [3.05, 3.63) is 54.4 Å². The standard InChI is InChI=1S/C14H10F2N4O3S/c15-14(16)24(22,23)10-5-3-9(4-6-10)13(21)19-12-8-17-11-2-1-7-18-20(11)12/h1-8,14H,(H,19,21). The molecule has 0 unspecified atom stereocenters. The van der Waals surface area contributed by atoms with Crippen LogP contribution in [-0.4, -0.2) is 34.7 Å². The highest BCUT2D eigenvalue weighted by Crippen LogP contribution is 2.19. The van der Waals surface area contributed by atoms with Gasteiger partial charge in [0.1, 0.15) is 0 Å². The quantitative estimate of drug-likeness (QED) is 0.775. The molecule has 124 valence electrons. The van der Waals surface area contributed by atoms with Crippen LogP contribution < -0.4 is 5.32 Å². The molecule has 0 saturated heterocycles. The summed E-state index contributed by atoms with van der Waals surface area (Å²) in [7, 11) is -4.69. The number of fused-ring (bicyclic) bond motifs is 1. The minimum Gasteiger partial charge on any atom is -0.305 e. The lowest BCUT2D eigenvalue weighted by atomic mass is 10.2. The number of amides is 1. The van der Waals surface area contributed by atoms with Crippen molar-refractivity contribution >= 4 is 27.2 Å². The lowest BCUT2D eigenvalue weighted by Crippen LogP contribution is -2.15. The van der Waals surface area contributed by atoms with Crippen LogP contribution in [0.3, 0.4) is 0 Å². The average molecular weight is 352 g/mol. The van der Waals surface area contributed by atoms with Crippen LogP contribution in [0.25, 0.3) is 5.65 Å². The highest BCUT2D eigenvalue weighted by molar-refractivity contribution is 7.91. The van der Waals surface area contributed by atoms with Gasteiger partial charge in [0, 0.05) is 11.8 Å². The fourth-order valence-electron chi connectivity index (χ4n) is 2.00. The molecule has 0 saturated carbocycles. The maximum atomic E-state index is 12.5. The van der Waals surface area contributed by atoms with E-state index in [1.807, 2.05) is 0 Å². The second kappa shape index (κ2) is 5.96. The number of sulfone groups is 1. The highest BCUT2D eigenvalue weighted by atomic mass is 32.2. The third kappa shape index (κ3) is 2.83. The Morgan fingerprint density at radius 2 is 1.88 bits per heavy atom. The normalized spacial score (nSPS) is 11.8. The lowest BCUT2D eigenvalue weighted by Gasteiger charge is -2.06. The molecular formula is C14H10F2N4O3S. The molecule has 0 bridgehead atoms. The summed E-state index contributed by atoms with van der Waals surface area (Å²) in [6, 6.07) is 7.62. The Hall–Kier alpha value is -2.88. The van der Waals surface area contributed by atoms with Gasteiger partial charge in [-0.15, -0.1) is 0 Å². The smallest absolute Gasteiger partial charge is 0.305 e. The number of alkyl halides is 2. The summed E-state index contributed by atoms with van der Waals surface area (Å²) in [5.41, 5.74) is 0.639. The van der Waals surface area contributed by atoms with E-state index in [2.05, 4.69) is 15.4 Å². The fourth-order valence-corrected chi connectivity index (χ4v) is 2.72. The van der Waals surface area contributed by atoms with Gasteiger partial charge >= 0.3 is 5.76 Å². The molecule has 0 fully saturated rings. The minimum atomic E-state index is -4.69. The van der Waals surface area contributed by atoms with Crippen LogP contribution in [0.1, 0.15) is 10.4 Å². The number of carbonyl (C=O) groups excluding carboxylic acids is 1. The van der Waals surface area contributed by atoms with Crippen LogP contribution >= 0.6 is 0 Å². The summed E-state index contributed by atoms with van der Waals surface area (Å²) in [5, 5.41) is 6.59. The second-order valence-electron chi connectivity index (χ2n) is 4.72. The van der Waals surface area contributed by atoms with E-state index in [1.165, 1.54) is 16.9 Å². The predicted octanol–water partition coefficient (Wildman–Crippen LogP) is 1.98. The summed E-state index contributed by atoms with van der Waals surface area (Å²) in [5.74, 6) is -3.75. The number of hydrogen-bond donors (Lipinski definition) is 1. The predicted molar refractivity (Wildman–Crippen MR) is 80.6 cm³/mol. The van der Waals surface area contributed by atoms with E-state index in [4.69, 9.17) is 0 Å². The largest absolute Gasteiger partial charge is 0.341 e. The average Bonchev–Trinajstić information content (AvgIpc) is 2.98. The summed E-state index contributed by atoms with van der Waals surface area (Å²) in [6.45, 7) is 0. The number of imidazole rings is 1. The van der Waals surface area contributed by atoms with Crippen molar-refractivity contribution in [1.29, 1.82) is 0 Å². The Labute approximate surface area is 134 Å². The van der Waals surface area contributed by atoms with Gasteiger partial charge in [-0.2, -0.15) is 18.4 Å². The number of nitrogens with zero attached hydrogens (tertiary/aromatic N) is 3. The van der Waals surface area contributed by atoms with E-state index >= 15 is 0 Å². The molecule has 0 spiro atoms. The van der Waals surface area contributed by atoms with Crippen LogP contribution in [0.2, 0.25) is 0 Å². The molecule has 3 rings (SSSR count). The maximum absolute atomic E-state index is 12.5. The van der Waals surface area contributed by atoms with Gasteiger partial charge in [0.15, 0.2) is 11.5 Å². The van der Waals surface area contributed by atoms with Gasteiger partial charge in [0.25, 0.3) is 5.91 Å². The molecule has 2 aromatic heterocycles. The third-order valence-electron chi connectivity index (χ3n) is 3.20. The van der Waals surface area contributed by atoms with Crippen molar-refractivity contribution in [1.82, 2.24) is 14.6 Å². The molecule has 0 atom stereocenters. The first-order chi connectivity index (χ1) is 11.4. The van der Waals surface area contributed by atoms with Gasteiger partial charge in [-0.1, -0.05) is 0 Å². The van der Waals surface area contributed by atoms with Crippen molar-refractivity contribution < 1.29 is 22.0 Å². The number of nitrogens with one attached hydrogen (secondary N) is 1. The molecular weight excluding hydrogens is 342 g/mol.